The lowest BCUT2D eigenvalue weighted by atomic mass is 10.1. The lowest BCUT2D eigenvalue weighted by molar-refractivity contribution is 0.285. The van der Waals surface area contributed by atoms with Crippen LogP contribution in [0.5, 0.6) is 0 Å². The Morgan fingerprint density at radius 2 is 2.22 bits per heavy atom. The average molecular weight is 333 g/mol. The number of aromatic nitrogens is 1. The molecule has 3 rings (SSSR count). The summed E-state index contributed by atoms with van der Waals surface area (Å²) in [6, 6.07) is 7.39. The van der Waals surface area contributed by atoms with Crippen LogP contribution in [-0.4, -0.2) is 43.4 Å². The Kier molecular flexibility index (Phi) is 4.94. The monoisotopic (exact) mass is 333 g/mol. The van der Waals surface area contributed by atoms with E-state index in [0.717, 1.165) is 30.0 Å². The molecular weight excluding hydrogens is 310 g/mol. The number of hydrogen-bond donors (Lipinski definition) is 1. The van der Waals surface area contributed by atoms with E-state index in [1.807, 2.05) is 6.07 Å². The third-order valence-corrected chi connectivity index (χ3v) is 6.31. The highest BCUT2D eigenvalue weighted by Crippen LogP contribution is 2.26. The van der Waals surface area contributed by atoms with Crippen LogP contribution in [0.3, 0.4) is 0 Å². The smallest absolute Gasteiger partial charge is 0.243 e. The summed E-state index contributed by atoms with van der Waals surface area (Å²) < 4.78 is 27.8. The van der Waals surface area contributed by atoms with Crippen LogP contribution in [0.15, 0.2) is 41.6 Å². The molecule has 1 aromatic heterocycles. The molecular formula is C17H23N3O2S. The van der Waals surface area contributed by atoms with Gasteiger partial charge in [-0.2, -0.15) is 4.31 Å². The fourth-order valence-electron chi connectivity index (χ4n) is 3.11. The summed E-state index contributed by atoms with van der Waals surface area (Å²) >= 11 is 0. The van der Waals surface area contributed by atoms with Crippen molar-refractivity contribution in [2.45, 2.75) is 37.1 Å². The molecule has 5 nitrogen and oxygen atoms in total. The Bertz CT molecular complexity index is 771. The van der Waals surface area contributed by atoms with Gasteiger partial charge < -0.3 is 5.32 Å². The van der Waals surface area contributed by atoms with Gasteiger partial charge in [-0.3, -0.25) is 4.98 Å². The van der Waals surface area contributed by atoms with Gasteiger partial charge in [0.05, 0.1) is 4.90 Å². The standard InChI is InChI=1S/C17H23N3O2S/c1-2-3-6-15-13-20(11-10-19-15)23(21,22)17-7-4-5-14-12-18-9-8-16(14)17/h4-5,7-9,12,15,19H,2-3,6,10-11,13H2,1H3. The number of benzene rings is 1. The molecule has 1 atom stereocenters. The molecule has 1 N–H and O–H groups in total. The van der Waals surface area contributed by atoms with Crippen LogP contribution in [0.4, 0.5) is 0 Å². The Labute approximate surface area is 137 Å². The number of piperazine rings is 1. The Morgan fingerprint density at radius 1 is 1.35 bits per heavy atom. The van der Waals surface area contributed by atoms with E-state index in [4.69, 9.17) is 0 Å². The molecule has 0 radical (unpaired) electrons. The highest BCUT2D eigenvalue weighted by molar-refractivity contribution is 7.89. The summed E-state index contributed by atoms with van der Waals surface area (Å²) in [6.45, 7) is 3.93. The zero-order valence-electron chi connectivity index (χ0n) is 13.4. The molecule has 1 aliphatic rings. The summed E-state index contributed by atoms with van der Waals surface area (Å²) in [5, 5.41) is 5.02. The molecule has 1 saturated heterocycles. The molecule has 0 saturated carbocycles. The van der Waals surface area contributed by atoms with Crippen molar-refractivity contribution in [3.05, 3.63) is 36.7 Å². The van der Waals surface area contributed by atoms with E-state index in [1.165, 1.54) is 0 Å². The van der Waals surface area contributed by atoms with E-state index in [2.05, 4.69) is 17.2 Å². The van der Waals surface area contributed by atoms with Crippen LogP contribution in [0, 0.1) is 0 Å². The van der Waals surface area contributed by atoms with Crippen LogP contribution < -0.4 is 5.32 Å². The van der Waals surface area contributed by atoms with Gasteiger partial charge in [0.25, 0.3) is 0 Å². The van der Waals surface area contributed by atoms with Crippen LogP contribution in [0.2, 0.25) is 0 Å². The average Bonchev–Trinajstić information content (AvgIpc) is 2.59. The molecule has 2 heterocycles. The third-order valence-electron chi connectivity index (χ3n) is 4.38. The second-order valence-corrected chi connectivity index (χ2v) is 7.92. The third kappa shape index (κ3) is 3.39. The van der Waals surface area contributed by atoms with Gasteiger partial charge in [0.1, 0.15) is 0 Å². The highest BCUT2D eigenvalue weighted by atomic mass is 32.2. The zero-order valence-corrected chi connectivity index (χ0v) is 14.2. The minimum Gasteiger partial charge on any atom is -0.311 e. The predicted octanol–water partition coefficient (Wildman–Crippen LogP) is 2.39. The van der Waals surface area contributed by atoms with Gasteiger partial charge in [-0.05, 0) is 18.6 Å². The predicted molar refractivity (Wildman–Crippen MR) is 91.8 cm³/mol. The van der Waals surface area contributed by atoms with Crippen molar-refractivity contribution >= 4 is 20.8 Å². The van der Waals surface area contributed by atoms with E-state index < -0.39 is 10.0 Å². The molecule has 124 valence electrons. The topological polar surface area (TPSA) is 62.3 Å². The number of sulfonamides is 1. The van der Waals surface area contributed by atoms with Gasteiger partial charge in [-0.15, -0.1) is 0 Å². The van der Waals surface area contributed by atoms with Crippen LogP contribution in [0.1, 0.15) is 26.2 Å². The van der Waals surface area contributed by atoms with Crippen LogP contribution >= 0.6 is 0 Å². The van der Waals surface area contributed by atoms with Gasteiger partial charge in [0.15, 0.2) is 0 Å². The van der Waals surface area contributed by atoms with Gasteiger partial charge in [-0.25, -0.2) is 8.42 Å². The molecule has 1 unspecified atom stereocenters. The molecule has 1 aliphatic heterocycles. The molecule has 0 spiro atoms. The molecule has 2 aromatic rings. The SMILES string of the molecule is CCCCC1CN(S(=O)(=O)c2cccc3cnccc23)CCN1. The maximum atomic E-state index is 13.1. The Hall–Kier alpha value is -1.50. The van der Waals surface area contributed by atoms with Crippen molar-refractivity contribution in [3.63, 3.8) is 0 Å². The van der Waals surface area contributed by atoms with Crippen molar-refractivity contribution in [2.75, 3.05) is 19.6 Å². The first kappa shape index (κ1) is 16.4. The van der Waals surface area contributed by atoms with Crippen LogP contribution in [-0.2, 0) is 10.0 Å². The van der Waals surface area contributed by atoms with Crippen molar-refractivity contribution < 1.29 is 8.42 Å². The normalized spacial score (nSPS) is 20.0. The van der Waals surface area contributed by atoms with E-state index in [0.29, 0.717) is 24.5 Å². The number of nitrogens with one attached hydrogen (secondary N) is 1. The fourth-order valence-corrected chi connectivity index (χ4v) is 4.81. The zero-order chi connectivity index (χ0) is 16.3. The minimum absolute atomic E-state index is 0.245. The maximum Gasteiger partial charge on any atom is 0.243 e. The van der Waals surface area contributed by atoms with Gasteiger partial charge in [0.2, 0.25) is 10.0 Å². The van der Waals surface area contributed by atoms with E-state index in [-0.39, 0.29) is 6.04 Å². The molecule has 0 amide bonds. The number of unbranched alkanes of at least 4 members (excludes halogenated alkanes) is 1. The van der Waals surface area contributed by atoms with E-state index in [9.17, 15) is 8.42 Å². The second kappa shape index (κ2) is 6.95. The number of hydrogen-bond acceptors (Lipinski definition) is 4. The molecule has 23 heavy (non-hydrogen) atoms. The molecule has 1 fully saturated rings. The quantitative estimate of drug-likeness (QED) is 0.912. The van der Waals surface area contributed by atoms with Crippen molar-refractivity contribution in [1.82, 2.24) is 14.6 Å². The van der Waals surface area contributed by atoms with Crippen molar-refractivity contribution in [1.29, 1.82) is 0 Å². The van der Waals surface area contributed by atoms with Crippen LogP contribution in [0.25, 0.3) is 10.8 Å². The fraction of sp³-hybridized carbons (Fsp3) is 0.471. The summed E-state index contributed by atoms with van der Waals surface area (Å²) in [7, 11) is -3.48. The van der Waals surface area contributed by atoms with Crippen molar-refractivity contribution in [2.24, 2.45) is 0 Å². The minimum atomic E-state index is -3.48. The molecule has 1 aromatic carbocycles. The summed E-state index contributed by atoms with van der Waals surface area (Å²) in [5.41, 5.74) is 0. The number of pyridine rings is 1. The summed E-state index contributed by atoms with van der Waals surface area (Å²) in [6.07, 6.45) is 6.61. The number of nitrogens with zero attached hydrogens (tertiary/aromatic N) is 2. The largest absolute Gasteiger partial charge is 0.311 e. The number of rotatable bonds is 5. The van der Waals surface area contributed by atoms with Gasteiger partial charge in [-0.1, -0.05) is 31.9 Å². The van der Waals surface area contributed by atoms with E-state index >= 15 is 0 Å². The first-order chi connectivity index (χ1) is 11.1. The summed E-state index contributed by atoms with van der Waals surface area (Å²) in [5.74, 6) is 0. The molecule has 0 aliphatic carbocycles. The first-order valence-electron chi connectivity index (χ1n) is 8.19. The molecule has 0 bridgehead atoms. The number of fused-ring (bicyclic) bond motifs is 1. The summed E-state index contributed by atoms with van der Waals surface area (Å²) in [4.78, 5) is 4.46. The van der Waals surface area contributed by atoms with Gasteiger partial charge >= 0.3 is 0 Å². The second-order valence-electron chi connectivity index (χ2n) is 6.01. The lowest BCUT2D eigenvalue weighted by Gasteiger charge is -2.33. The maximum absolute atomic E-state index is 13.1. The molecule has 6 heteroatoms. The Balaban J connectivity index is 1.91. The van der Waals surface area contributed by atoms with Gasteiger partial charge in [0, 0.05) is 48.8 Å². The lowest BCUT2D eigenvalue weighted by Crippen LogP contribution is -2.52. The Morgan fingerprint density at radius 3 is 3.04 bits per heavy atom. The first-order valence-corrected chi connectivity index (χ1v) is 9.63. The highest BCUT2D eigenvalue weighted by Gasteiger charge is 2.30. The van der Waals surface area contributed by atoms with E-state index in [1.54, 1.807) is 34.9 Å². The van der Waals surface area contributed by atoms with Crippen molar-refractivity contribution in [3.8, 4) is 0 Å².